The number of aromatic nitrogens is 1. The van der Waals surface area contributed by atoms with Crippen molar-refractivity contribution in [2.45, 2.75) is 77.7 Å². The number of hydrogen-bond donors (Lipinski definition) is 1. The van der Waals surface area contributed by atoms with Gasteiger partial charge in [-0.15, -0.1) is 0 Å². The average molecular weight is 474 g/mol. The topological polar surface area (TPSA) is 45.2 Å². The number of carbonyl (C=O) groups excluding carboxylic acids is 1. The number of amides is 1. The van der Waals surface area contributed by atoms with Gasteiger partial charge in [0.2, 0.25) is 0 Å². The number of pyridine rings is 1. The van der Waals surface area contributed by atoms with Gasteiger partial charge in [0.15, 0.2) is 0 Å². The molecule has 34 heavy (non-hydrogen) atoms. The van der Waals surface area contributed by atoms with Crippen LogP contribution in [0.3, 0.4) is 0 Å². The van der Waals surface area contributed by atoms with E-state index in [0.717, 1.165) is 41.3 Å². The summed E-state index contributed by atoms with van der Waals surface area (Å²) in [5.74, 6) is 0.907. The molecule has 0 spiro atoms. The van der Waals surface area contributed by atoms with Crippen LogP contribution in [0.4, 0.5) is 13.2 Å². The lowest BCUT2D eigenvalue weighted by Gasteiger charge is -2.27. The second-order valence-corrected chi connectivity index (χ2v) is 10.1. The molecule has 1 fully saturated rings. The molecule has 0 bridgehead atoms. The molecule has 1 amide bonds. The monoisotopic (exact) mass is 473 g/mol. The number of halogens is 3. The van der Waals surface area contributed by atoms with E-state index < -0.39 is 11.7 Å². The number of fused-ring (bicyclic) bond motifs is 1. The lowest BCUT2D eigenvalue weighted by molar-refractivity contribution is -0.137. The van der Waals surface area contributed by atoms with Gasteiger partial charge in [-0.1, -0.05) is 58.1 Å². The average Bonchev–Trinajstić information content (AvgIpc) is 3.16. The summed E-state index contributed by atoms with van der Waals surface area (Å²) in [5, 5.41) is 3.06. The first-order valence-corrected chi connectivity index (χ1v) is 12.4. The van der Waals surface area contributed by atoms with Crippen LogP contribution in [0.25, 0.3) is 0 Å². The number of carbonyl (C=O) groups is 1. The molecular formula is C27H34F3N3O. The van der Waals surface area contributed by atoms with Crippen molar-refractivity contribution < 1.29 is 18.0 Å². The van der Waals surface area contributed by atoms with Crippen LogP contribution in [-0.2, 0) is 19.3 Å². The van der Waals surface area contributed by atoms with E-state index in [-0.39, 0.29) is 17.9 Å². The maximum absolute atomic E-state index is 12.9. The zero-order chi connectivity index (χ0) is 24.3. The van der Waals surface area contributed by atoms with E-state index in [1.54, 1.807) is 18.3 Å². The molecule has 1 aliphatic heterocycles. The minimum Gasteiger partial charge on any atom is -0.352 e. The number of benzene rings is 1. The van der Waals surface area contributed by atoms with Crippen molar-refractivity contribution in [3.05, 3.63) is 64.5 Å². The fraction of sp³-hybridized carbons (Fsp3) is 0.556. The summed E-state index contributed by atoms with van der Waals surface area (Å²) in [6, 6.07) is 7.35. The molecule has 1 aliphatic carbocycles. The Labute approximate surface area is 200 Å². The molecular weight excluding hydrogens is 439 g/mol. The van der Waals surface area contributed by atoms with Crippen molar-refractivity contribution >= 4 is 5.91 Å². The Morgan fingerprint density at radius 3 is 2.50 bits per heavy atom. The van der Waals surface area contributed by atoms with Crippen LogP contribution >= 0.6 is 0 Å². The first-order chi connectivity index (χ1) is 16.2. The number of hydrogen-bond acceptors (Lipinski definition) is 3. The molecule has 0 radical (unpaired) electrons. The number of alkyl halides is 3. The maximum atomic E-state index is 12.9. The molecule has 0 saturated heterocycles. The lowest BCUT2D eigenvalue weighted by atomic mass is 9.87. The van der Waals surface area contributed by atoms with Gasteiger partial charge >= 0.3 is 6.18 Å². The Hall–Kier alpha value is -2.41. The van der Waals surface area contributed by atoms with Gasteiger partial charge in [0.25, 0.3) is 5.91 Å². The van der Waals surface area contributed by atoms with Gasteiger partial charge in [0.05, 0.1) is 22.9 Å². The van der Waals surface area contributed by atoms with Crippen molar-refractivity contribution in [1.82, 2.24) is 15.2 Å². The van der Waals surface area contributed by atoms with E-state index in [4.69, 9.17) is 0 Å². The Balaban J connectivity index is 1.41. The molecule has 184 valence electrons. The molecule has 1 aromatic carbocycles. The van der Waals surface area contributed by atoms with Crippen LogP contribution in [0.2, 0.25) is 0 Å². The third-order valence-corrected chi connectivity index (χ3v) is 7.17. The van der Waals surface area contributed by atoms with E-state index in [0.29, 0.717) is 25.2 Å². The minimum absolute atomic E-state index is 0.0562. The van der Waals surface area contributed by atoms with Crippen molar-refractivity contribution in [3.63, 3.8) is 0 Å². The second kappa shape index (κ2) is 10.5. The molecule has 1 aromatic heterocycles. The molecule has 7 heteroatoms. The molecule has 2 heterocycles. The first kappa shape index (κ1) is 24.7. The maximum Gasteiger partial charge on any atom is 0.416 e. The first-order valence-electron chi connectivity index (χ1n) is 12.4. The fourth-order valence-electron chi connectivity index (χ4n) is 5.42. The van der Waals surface area contributed by atoms with E-state index in [9.17, 15) is 18.0 Å². The highest BCUT2D eigenvalue weighted by Crippen LogP contribution is 2.39. The van der Waals surface area contributed by atoms with Crippen LogP contribution in [0.5, 0.6) is 0 Å². The summed E-state index contributed by atoms with van der Waals surface area (Å²) in [7, 11) is 0. The number of nitrogens with zero attached hydrogens (tertiary/aromatic N) is 2. The predicted molar refractivity (Wildman–Crippen MR) is 126 cm³/mol. The molecule has 0 unspecified atom stereocenters. The molecule has 1 N–H and O–H groups in total. The van der Waals surface area contributed by atoms with Gasteiger partial charge in [0, 0.05) is 25.8 Å². The molecule has 4 nitrogen and oxygen atoms in total. The summed E-state index contributed by atoms with van der Waals surface area (Å²) < 4.78 is 38.7. The largest absolute Gasteiger partial charge is 0.416 e. The molecule has 1 saturated carbocycles. The Kier molecular flexibility index (Phi) is 7.60. The highest BCUT2D eigenvalue weighted by Gasteiger charge is 2.35. The van der Waals surface area contributed by atoms with Crippen LogP contribution in [-0.4, -0.2) is 22.3 Å². The zero-order valence-corrected chi connectivity index (χ0v) is 20.0. The predicted octanol–water partition coefficient (Wildman–Crippen LogP) is 6.51. The summed E-state index contributed by atoms with van der Waals surface area (Å²) in [5.41, 5.74) is 2.74. The molecule has 2 aromatic rings. The highest BCUT2D eigenvalue weighted by atomic mass is 19.4. The summed E-state index contributed by atoms with van der Waals surface area (Å²) in [6.45, 7) is 6.07. The molecule has 1 atom stereocenters. The Bertz CT molecular complexity index is 982. The van der Waals surface area contributed by atoms with Crippen LogP contribution in [0, 0.1) is 11.8 Å². The third-order valence-electron chi connectivity index (χ3n) is 7.17. The van der Waals surface area contributed by atoms with E-state index in [2.05, 4.69) is 29.0 Å². The van der Waals surface area contributed by atoms with E-state index >= 15 is 0 Å². The second-order valence-electron chi connectivity index (χ2n) is 10.1. The van der Waals surface area contributed by atoms with Gasteiger partial charge in [-0.05, 0) is 47.6 Å². The third kappa shape index (κ3) is 5.80. The molecule has 2 aliphatic rings. The van der Waals surface area contributed by atoms with Gasteiger partial charge in [-0.25, -0.2) is 0 Å². The minimum atomic E-state index is -4.33. The number of rotatable bonds is 7. The van der Waals surface area contributed by atoms with Crippen molar-refractivity contribution in [2.75, 3.05) is 6.54 Å². The Morgan fingerprint density at radius 1 is 1.15 bits per heavy atom. The normalized spacial score (nSPS) is 19.4. The van der Waals surface area contributed by atoms with Gasteiger partial charge in [-0.3, -0.25) is 14.7 Å². The van der Waals surface area contributed by atoms with Gasteiger partial charge in [0.1, 0.15) is 0 Å². The highest BCUT2D eigenvalue weighted by molar-refractivity contribution is 5.94. The zero-order valence-electron chi connectivity index (χ0n) is 20.0. The van der Waals surface area contributed by atoms with E-state index in [1.165, 1.54) is 32.1 Å². The summed E-state index contributed by atoms with van der Waals surface area (Å²) in [6.07, 6.45) is 4.81. The van der Waals surface area contributed by atoms with Gasteiger partial charge in [-0.2, -0.15) is 13.2 Å². The number of nitrogens with one attached hydrogen (secondary N) is 1. The SMILES string of the molecule is CC(C)[C@H]1c2ncc(C(=O)NCCC3CCCCC3)cc2CN1Cc1ccc(C(F)(F)F)cc1. The standard InChI is InChI=1S/C27H34F3N3O/c1-18(2)25-24-22(17-33(25)16-20-8-10-23(11-9-20)27(28,29)30)14-21(15-32-24)26(34)31-13-12-19-6-4-3-5-7-19/h8-11,14-15,18-19,25H,3-7,12-13,16-17H2,1-2H3,(H,31,34)/t25-/m0/s1. The van der Waals surface area contributed by atoms with Crippen molar-refractivity contribution in [1.29, 1.82) is 0 Å². The van der Waals surface area contributed by atoms with Crippen LogP contribution in [0.15, 0.2) is 36.5 Å². The van der Waals surface area contributed by atoms with Crippen molar-refractivity contribution in [3.8, 4) is 0 Å². The lowest BCUT2D eigenvalue weighted by Crippen LogP contribution is -2.26. The Morgan fingerprint density at radius 2 is 1.85 bits per heavy atom. The van der Waals surface area contributed by atoms with E-state index in [1.807, 2.05) is 6.07 Å². The fourth-order valence-corrected chi connectivity index (χ4v) is 5.42. The summed E-state index contributed by atoms with van der Waals surface area (Å²) >= 11 is 0. The van der Waals surface area contributed by atoms with Crippen molar-refractivity contribution in [2.24, 2.45) is 11.8 Å². The smallest absolute Gasteiger partial charge is 0.352 e. The van der Waals surface area contributed by atoms with Crippen LogP contribution < -0.4 is 5.32 Å². The van der Waals surface area contributed by atoms with Gasteiger partial charge < -0.3 is 5.32 Å². The summed E-state index contributed by atoms with van der Waals surface area (Å²) in [4.78, 5) is 19.6. The quantitative estimate of drug-likeness (QED) is 0.498. The molecule has 4 rings (SSSR count). The van der Waals surface area contributed by atoms with Crippen LogP contribution in [0.1, 0.15) is 91.2 Å².